The molecule has 1 N–H and O–H groups in total. The first kappa shape index (κ1) is 14.1. The minimum Gasteiger partial charge on any atom is -0.481 e. The Labute approximate surface area is 113 Å². The van der Waals surface area contributed by atoms with Gasteiger partial charge < -0.3 is 19.6 Å². The SMILES string of the molecule is CCN(CC1CC1)C(=O)N1CCOC(CC(=O)O)C1. The van der Waals surface area contributed by atoms with E-state index in [1.54, 1.807) is 4.90 Å². The highest BCUT2D eigenvalue weighted by Crippen LogP contribution is 2.30. The molecule has 0 aromatic heterocycles. The van der Waals surface area contributed by atoms with E-state index in [9.17, 15) is 9.59 Å². The van der Waals surface area contributed by atoms with Crippen LogP contribution in [0.2, 0.25) is 0 Å². The smallest absolute Gasteiger partial charge is 0.320 e. The van der Waals surface area contributed by atoms with Crippen molar-refractivity contribution < 1.29 is 19.4 Å². The van der Waals surface area contributed by atoms with Crippen molar-refractivity contribution in [2.45, 2.75) is 32.3 Å². The highest BCUT2D eigenvalue weighted by atomic mass is 16.5. The number of hydrogen-bond donors (Lipinski definition) is 1. The number of nitrogens with zero attached hydrogens (tertiary/aromatic N) is 2. The zero-order valence-corrected chi connectivity index (χ0v) is 11.4. The van der Waals surface area contributed by atoms with Crippen molar-refractivity contribution in [1.29, 1.82) is 0 Å². The van der Waals surface area contributed by atoms with Crippen LogP contribution in [0.15, 0.2) is 0 Å². The Hall–Kier alpha value is -1.30. The maximum absolute atomic E-state index is 12.4. The third kappa shape index (κ3) is 4.09. The van der Waals surface area contributed by atoms with Crippen LogP contribution in [0.25, 0.3) is 0 Å². The van der Waals surface area contributed by atoms with Gasteiger partial charge in [-0.3, -0.25) is 4.79 Å². The molecular formula is C13H22N2O4. The number of amides is 2. The van der Waals surface area contributed by atoms with Crippen molar-refractivity contribution in [3.05, 3.63) is 0 Å². The fraction of sp³-hybridized carbons (Fsp3) is 0.846. The van der Waals surface area contributed by atoms with Crippen LogP contribution in [0.5, 0.6) is 0 Å². The molecule has 108 valence electrons. The highest BCUT2D eigenvalue weighted by Gasteiger charge is 2.31. The van der Waals surface area contributed by atoms with Crippen molar-refractivity contribution >= 4 is 12.0 Å². The zero-order chi connectivity index (χ0) is 13.8. The topological polar surface area (TPSA) is 70.1 Å². The van der Waals surface area contributed by atoms with E-state index in [2.05, 4.69) is 0 Å². The Morgan fingerprint density at radius 1 is 1.42 bits per heavy atom. The van der Waals surface area contributed by atoms with E-state index >= 15 is 0 Å². The fourth-order valence-corrected chi connectivity index (χ4v) is 2.37. The van der Waals surface area contributed by atoms with Gasteiger partial charge in [-0.25, -0.2) is 4.79 Å². The first-order valence-corrected chi connectivity index (χ1v) is 6.97. The number of carbonyl (C=O) groups is 2. The number of rotatable bonds is 5. The molecule has 1 unspecified atom stereocenters. The van der Waals surface area contributed by atoms with Gasteiger partial charge in [0.25, 0.3) is 0 Å². The van der Waals surface area contributed by atoms with Crippen molar-refractivity contribution in [3.63, 3.8) is 0 Å². The van der Waals surface area contributed by atoms with E-state index in [1.807, 2.05) is 11.8 Å². The van der Waals surface area contributed by atoms with Gasteiger partial charge in [0.15, 0.2) is 0 Å². The third-order valence-electron chi connectivity index (χ3n) is 3.64. The van der Waals surface area contributed by atoms with Gasteiger partial charge in [0.2, 0.25) is 0 Å². The molecule has 6 heteroatoms. The van der Waals surface area contributed by atoms with E-state index in [1.165, 1.54) is 12.8 Å². The number of aliphatic carboxylic acids is 1. The second-order valence-corrected chi connectivity index (χ2v) is 5.30. The predicted molar refractivity (Wildman–Crippen MR) is 68.9 cm³/mol. The fourth-order valence-electron chi connectivity index (χ4n) is 2.37. The normalized spacial score (nSPS) is 23.2. The summed E-state index contributed by atoms with van der Waals surface area (Å²) in [4.78, 5) is 26.7. The van der Waals surface area contributed by atoms with Crippen LogP contribution in [0.1, 0.15) is 26.2 Å². The number of hydrogen-bond acceptors (Lipinski definition) is 3. The van der Waals surface area contributed by atoms with Crippen LogP contribution in [0, 0.1) is 5.92 Å². The molecule has 6 nitrogen and oxygen atoms in total. The van der Waals surface area contributed by atoms with Gasteiger partial charge in [-0.05, 0) is 25.7 Å². The number of carboxylic acids is 1. The number of ether oxygens (including phenoxy) is 1. The summed E-state index contributed by atoms with van der Waals surface area (Å²) < 4.78 is 5.38. The molecule has 0 aromatic rings. The minimum atomic E-state index is -0.885. The molecule has 1 atom stereocenters. The van der Waals surface area contributed by atoms with E-state index in [4.69, 9.17) is 9.84 Å². The minimum absolute atomic E-state index is 0.0214. The standard InChI is InChI=1S/C13H22N2O4/c1-2-14(8-10-3-4-10)13(18)15-5-6-19-11(9-15)7-12(16)17/h10-11H,2-9H2,1H3,(H,16,17). The van der Waals surface area contributed by atoms with Gasteiger partial charge >= 0.3 is 12.0 Å². The first-order chi connectivity index (χ1) is 9.10. The maximum Gasteiger partial charge on any atom is 0.320 e. The van der Waals surface area contributed by atoms with Crippen molar-refractivity contribution in [2.24, 2.45) is 5.92 Å². The van der Waals surface area contributed by atoms with Crippen molar-refractivity contribution in [3.8, 4) is 0 Å². The summed E-state index contributed by atoms with van der Waals surface area (Å²) in [5.41, 5.74) is 0. The van der Waals surface area contributed by atoms with Crippen LogP contribution in [-0.4, -0.2) is 65.8 Å². The monoisotopic (exact) mass is 270 g/mol. The Morgan fingerprint density at radius 3 is 2.74 bits per heavy atom. The highest BCUT2D eigenvalue weighted by molar-refractivity contribution is 5.75. The number of carboxylic acid groups (broad SMARTS) is 1. The van der Waals surface area contributed by atoms with Gasteiger partial charge in [-0.15, -0.1) is 0 Å². The predicted octanol–water partition coefficient (Wildman–Crippen LogP) is 1.01. The lowest BCUT2D eigenvalue weighted by atomic mass is 10.2. The van der Waals surface area contributed by atoms with Crippen LogP contribution < -0.4 is 0 Å². The van der Waals surface area contributed by atoms with E-state index in [-0.39, 0.29) is 18.6 Å². The van der Waals surface area contributed by atoms with Gasteiger partial charge in [-0.1, -0.05) is 0 Å². The van der Waals surface area contributed by atoms with Gasteiger partial charge in [0.1, 0.15) is 0 Å². The lowest BCUT2D eigenvalue weighted by molar-refractivity contribution is -0.141. The summed E-state index contributed by atoms with van der Waals surface area (Å²) >= 11 is 0. The van der Waals surface area contributed by atoms with Crippen molar-refractivity contribution in [1.82, 2.24) is 9.80 Å². The molecule has 0 radical (unpaired) electrons. The molecule has 0 spiro atoms. The molecule has 2 rings (SSSR count). The number of morpholine rings is 1. The molecule has 0 bridgehead atoms. The molecule has 2 amide bonds. The Balaban J connectivity index is 1.87. The third-order valence-corrected chi connectivity index (χ3v) is 3.64. The quantitative estimate of drug-likeness (QED) is 0.809. The lowest BCUT2D eigenvalue weighted by Gasteiger charge is -2.35. The van der Waals surface area contributed by atoms with Crippen LogP contribution >= 0.6 is 0 Å². The number of carbonyl (C=O) groups excluding carboxylic acids is 1. The molecule has 1 saturated carbocycles. The zero-order valence-electron chi connectivity index (χ0n) is 11.4. The summed E-state index contributed by atoms with van der Waals surface area (Å²) in [7, 11) is 0. The van der Waals surface area contributed by atoms with Crippen LogP contribution in [0.4, 0.5) is 4.79 Å². The second kappa shape index (κ2) is 6.23. The van der Waals surface area contributed by atoms with E-state index < -0.39 is 5.97 Å². The molecule has 2 fully saturated rings. The van der Waals surface area contributed by atoms with Gasteiger partial charge in [0, 0.05) is 26.2 Å². The summed E-state index contributed by atoms with van der Waals surface area (Å²) in [5, 5.41) is 8.78. The van der Waals surface area contributed by atoms with Gasteiger partial charge in [-0.2, -0.15) is 0 Å². The van der Waals surface area contributed by atoms with Crippen LogP contribution in [0.3, 0.4) is 0 Å². The lowest BCUT2D eigenvalue weighted by Crippen LogP contribution is -2.51. The van der Waals surface area contributed by atoms with E-state index in [0.717, 1.165) is 6.54 Å². The van der Waals surface area contributed by atoms with Gasteiger partial charge in [0.05, 0.1) is 19.1 Å². The average Bonchev–Trinajstić information content (AvgIpc) is 3.18. The molecule has 0 aromatic carbocycles. The molecule has 1 aliphatic carbocycles. The molecule has 2 aliphatic rings. The Kier molecular flexibility index (Phi) is 4.63. The maximum atomic E-state index is 12.4. The van der Waals surface area contributed by atoms with Crippen molar-refractivity contribution in [2.75, 3.05) is 32.8 Å². The molecule has 1 saturated heterocycles. The molecule has 1 heterocycles. The summed E-state index contributed by atoms with van der Waals surface area (Å²) in [6.45, 7) is 4.87. The molecular weight excluding hydrogens is 248 g/mol. The molecule has 1 aliphatic heterocycles. The van der Waals surface area contributed by atoms with E-state index in [0.29, 0.717) is 32.2 Å². The second-order valence-electron chi connectivity index (χ2n) is 5.30. The Morgan fingerprint density at radius 2 is 2.16 bits per heavy atom. The summed E-state index contributed by atoms with van der Waals surface area (Å²) in [6, 6.07) is 0.0214. The largest absolute Gasteiger partial charge is 0.481 e. The average molecular weight is 270 g/mol. The Bertz CT molecular complexity index is 344. The first-order valence-electron chi connectivity index (χ1n) is 6.97. The summed E-state index contributed by atoms with van der Waals surface area (Å²) in [5.74, 6) is -0.218. The number of urea groups is 1. The molecule has 19 heavy (non-hydrogen) atoms. The summed E-state index contributed by atoms with van der Waals surface area (Å²) in [6.07, 6.45) is 2.01. The van der Waals surface area contributed by atoms with Crippen LogP contribution in [-0.2, 0) is 9.53 Å².